The minimum absolute atomic E-state index is 0.0251. The van der Waals surface area contributed by atoms with Gasteiger partial charge in [-0.05, 0) is 61.2 Å². The number of nitrogens with zero attached hydrogens (tertiary/aromatic N) is 1. The van der Waals surface area contributed by atoms with Crippen molar-refractivity contribution in [1.29, 1.82) is 0 Å². The molecule has 1 aliphatic carbocycles. The molecule has 4 heteroatoms. The summed E-state index contributed by atoms with van der Waals surface area (Å²) in [6.07, 6.45) is 4.49. The van der Waals surface area contributed by atoms with Crippen molar-refractivity contribution in [3.8, 4) is 0 Å². The van der Waals surface area contributed by atoms with E-state index in [1.807, 2.05) is 42.5 Å². The van der Waals surface area contributed by atoms with E-state index in [2.05, 4.69) is 35.6 Å². The van der Waals surface area contributed by atoms with E-state index in [1.165, 1.54) is 0 Å². The number of halogens is 1. The van der Waals surface area contributed by atoms with Gasteiger partial charge in [0, 0.05) is 22.7 Å². The summed E-state index contributed by atoms with van der Waals surface area (Å²) in [7, 11) is 0. The monoisotopic (exact) mass is 364 g/mol. The average molecular weight is 365 g/mol. The first-order valence-corrected chi connectivity index (χ1v) is 9.32. The van der Waals surface area contributed by atoms with Gasteiger partial charge in [0.15, 0.2) is 5.78 Å². The summed E-state index contributed by atoms with van der Waals surface area (Å²) in [6.45, 7) is 2.09. The van der Waals surface area contributed by atoms with Crippen LogP contribution in [-0.4, -0.2) is 10.8 Å². The van der Waals surface area contributed by atoms with Crippen molar-refractivity contribution < 1.29 is 4.79 Å². The lowest BCUT2D eigenvalue weighted by atomic mass is 9.86. The van der Waals surface area contributed by atoms with Gasteiger partial charge in [-0.15, -0.1) is 0 Å². The van der Waals surface area contributed by atoms with Crippen molar-refractivity contribution in [2.75, 3.05) is 5.43 Å². The molecule has 0 spiro atoms. The summed E-state index contributed by atoms with van der Waals surface area (Å²) >= 11 is 6.09. The van der Waals surface area contributed by atoms with Crippen molar-refractivity contribution in [3.63, 3.8) is 0 Å². The molecule has 132 valence electrons. The number of nitrogens with one attached hydrogen (secondary N) is 1. The van der Waals surface area contributed by atoms with Crippen molar-refractivity contribution in [3.05, 3.63) is 88.1 Å². The van der Waals surface area contributed by atoms with E-state index in [-0.39, 0.29) is 11.8 Å². The topological polar surface area (TPSA) is 32.3 Å². The van der Waals surface area contributed by atoms with Gasteiger partial charge in [0.2, 0.25) is 0 Å². The number of hydrazine groups is 1. The first-order valence-electron chi connectivity index (χ1n) is 8.94. The molecule has 2 aromatic carbocycles. The molecular formula is C22H21ClN2O. The summed E-state index contributed by atoms with van der Waals surface area (Å²) in [5.41, 5.74) is 8.77. The van der Waals surface area contributed by atoms with Gasteiger partial charge < -0.3 is 0 Å². The Hall–Kier alpha value is -2.52. The van der Waals surface area contributed by atoms with Gasteiger partial charge >= 0.3 is 0 Å². The lowest BCUT2D eigenvalue weighted by Gasteiger charge is -2.42. The summed E-state index contributed by atoms with van der Waals surface area (Å²) < 4.78 is 0. The number of Topliss-reactive ketones (excluding diaryl/α,β-unsaturated/α-hetero) is 1. The fourth-order valence-corrected chi connectivity index (χ4v) is 3.89. The second-order valence-corrected chi connectivity index (χ2v) is 7.26. The normalized spacial score (nSPS) is 19.9. The molecule has 2 aromatic rings. The Morgan fingerprint density at radius 3 is 2.50 bits per heavy atom. The van der Waals surface area contributed by atoms with Crippen LogP contribution >= 0.6 is 11.6 Å². The van der Waals surface area contributed by atoms with Crippen LogP contribution in [0.5, 0.6) is 0 Å². The van der Waals surface area contributed by atoms with Crippen LogP contribution in [0.4, 0.5) is 5.69 Å². The molecule has 0 bridgehead atoms. The fraction of sp³-hybridized carbons (Fsp3) is 0.227. The van der Waals surface area contributed by atoms with Crippen molar-refractivity contribution in [1.82, 2.24) is 5.01 Å². The third kappa shape index (κ3) is 3.15. The highest BCUT2D eigenvalue weighted by atomic mass is 35.5. The molecule has 1 aliphatic heterocycles. The summed E-state index contributed by atoms with van der Waals surface area (Å²) in [6, 6.07) is 18.1. The maximum Gasteiger partial charge on any atom is 0.164 e. The summed E-state index contributed by atoms with van der Waals surface area (Å²) in [5, 5.41) is 2.89. The molecule has 1 heterocycles. The van der Waals surface area contributed by atoms with E-state index in [1.54, 1.807) is 0 Å². The molecule has 0 fully saturated rings. The molecule has 0 aromatic heterocycles. The summed E-state index contributed by atoms with van der Waals surface area (Å²) in [4.78, 5) is 12.5. The second-order valence-electron chi connectivity index (χ2n) is 6.83. The van der Waals surface area contributed by atoms with Crippen LogP contribution in [0.15, 0.2) is 77.5 Å². The molecule has 1 atom stereocenters. The zero-order valence-corrected chi connectivity index (χ0v) is 15.5. The van der Waals surface area contributed by atoms with Gasteiger partial charge in [-0.3, -0.25) is 15.2 Å². The van der Waals surface area contributed by atoms with Gasteiger partial charge in [-0.25, -0.2) is 0 Å². The quantitative estimate of drug-likeness (QED) is 0.760. The Morgan fingerprint density at radius 2 is 1.77 bits per heavy atom. The molecule has 4 rings (SSSR count). The lowest BCUT2D eigenvalue weighted by Crippen LogP contribution is -2.39. The molecule has 0 saturated carbocycles. The van der Waals surface area contributed by atoms with Crippen LogP contribution in [0.1, 0.15) is 37.8 Å². The number of para-hydroxylation sites is 1. The number of anilines is 1. The number of allylic oxidation sites excluding steroid dienone is 3. The Balaban J connectivity index is 1.79. The van der Waals surface area contributed by atoms with E-state index in [0.717, 1.165) is 46.0 Å². The Labute approximate surface area is 158 Å². The van der Waals surface area contributed by atoms with Crippen LogP contribution in [0.2, 0.25) is 5.02 Å². The molecule has 1 N–H and O–H groups in total. The third-order valence-corrected chi connectivity index (χ3v) is 5.24. The van der Waals surface area contributed by atoms with E-state index in [9.17, 15) is 4.79 Å². The summed E-state index contributed by atoms with van der Waals surface area (Å²) in [5.74, 6) is 0.236. The van der Waals surface area contributed by atoms with Crippen LogP contribution in [0.3, 0.4) is 0 Å². The molecule has 2 aliphatic rings. The maximum absolute atomic E-state index is 12.5. The Kier molecular flexibility index (Phi) is 4.56. The number of hydrogen-bond acceptors (Lipinski definition) is 3. The standard InChI is InChI=1S/C22H21ClN2O/c1-15-14-19-20(8-5-9-21(19)26)25(24-18-6-3-2-4-7-18)22(15)16-10-12-17(23)13-11-16/h2-4,6-7,10-14,22,24H,5,8-9H2,1H3. The molecule has 26 heavy (non-hydrogen) atoms. The Morgan fingerprint density at radius 1 is 1.04 bits per heavy atom. The van der Waals surface area contributed by atoms with Crippen molar-refractivity contribution >= 4 is 23.1 Å². The smallest absolute Gasteiger partial charge is 0.164 e. The molecule has 1 unspecified atom stereocenters. The number of carbonyl (C=O) groups excluding carboxylic acids is 1. The maximum atomic E-state index is 12.5. The van der Waals surface area contributed by atoms with Crippen LogP contribution in [0.25, 0.3) is 0 Å². The van der Waals surface area contributed by atoms with Crippen molar-refractivity contribution in [2.45, 2.75) is 32.2 Å². The fourth-order valence-electron chi connectivity index (χ4n) is 3.77. The van der Waals surface area contributed by atoms with E-state index < -0.39 is 0 Å². The number of rotatable bonds is 3. The van der Waals surface area contributed by atoms with Gasteiger partial charge in [0.1, 0.15) is 0 Å². The first-order chi connectivity index (χ1) is 12.6. The van der Waals surface area contributed by atoms with Crippen LogP contribution < -0.4 is 5.43 Å². The number of benzene rings is 2. The highest BCUT2D eigenvalue weighted by Gasteiger charge is 2.33. The van der Waals surface area contributed by atoms with E-state index in [0.29, 0.717) is 6.42 Å². The van der Waals surface area contributed by atoms with Crippen molar-refractivity contribution in [2.24, 2.45) is 0 Å². The molecule has 0 saturated heterocycles. The molecule has 3 nitrogen and oxygen atoms in total. The average Bonchev–Trinajstić information content (AvgIpc) is 2.65. The predicted octanol–water partition coefficient (Wildman–Crippen LogP) is 5.68. The minimum Gasteiger partial charge on any atom is -0.298 e. The molecule has 0 radical (unpaired) electrons. The second kappa shape index (κ2) is 7.00. The third-order valence-electron chi connectivity index (χ3n) is 4.99. The highest BCUT2D eigenvalue weighted by Crippen LogP contribution is 2.41. The van der Waals surface area contributed by atoms with Gasteiger partial charge in [-0.1, -0.05) is 41.9 Å². The van der Waals surface area contributed by atoms with E-state index >= 15 is 0 Å². The van der Waals surface area contributed by atoms with Gasteiger partial charge in [0.25, 0.3) is 0 Å². The largest absolute Gasteiger partial charge is 0.298 e. The lowest BCUT2D eigenvalue weighted by molar-refractivity contribution is -0.116. The predicted molar refractivity (Wildman–Crippen MR) is 106 cm³/mol. The number of ketones is 1. The zero-order chi connectivity index (χ0) is 18.1. The highest BCUT2D eigenvalue weighted by molar-refractivity contribution is 6.30. The SMILES string of the molecule is CC1=CC2=C(CCCC2=O)N(Nc2ccccc2)C1c1ccc(Cl)cc1. The van der Waals surface area contributed by atoms with Crippen LogP contribution in [-0.2, 0) is 4.79 Å². The van der Waals surface area contributed by atoms with E-state index in [4.69, 9.17) is 11.6 Å². The first kappa shape index (κ1) is 16.9. The number of hydrogen-bond donors (Lipinski definition) is 1. The zero-order valence-electron chi connectivity index (χ0n) is 14.7. The minimum atomic E-state index is 0.0251. The Bertz CT molecular complexity index is 884. The molecular weight excluding hydrogens is 344 g/mol. The number of carbonyl (C=O) groups is 1. The van der Waals surface area contributed by atoms with Crippen LogP contribution in [0, 0.1) is 0 Å². The molecule has 0 amide bonds. The van der Waals surface area contributed by atoms with Gasteiger partial charge in [0.05, 0.1) is 11.7 Å². The van der Waals surface area contributed by atoms with Gasteiger partial charge in [-0.2, -0.15) is 0 Å².